The van der Waals surface area contributed by atoms with Crippen LogP contribution >= 0.6 is 0 Å². The minimum atomic E-state index is 0.304. The third-order valence-corrected chi connectivity index (χ3v) is 1.56. The number of hydrogen-bond donors (Lipinski definition) is 0. The van der Waals surface area contributed by atoms with Gasteiger partial charge in [0.2, 0.25) is 0 Å². The Morgan fingerprint density at radius 1 is 1.64 bits per heavy atom. The fourth-order valence-corrected chi connectivity index (χ4v) is 0.890. The Hall–Kier alpha value is -1.97. The van der Waals surface area contributed by atoms with Gasteiger partial charge in [0.05, 0.1) is 11.9 Å². The van der Waals surface area contributed by atoms with Crippen molar-refractivity contribution in [1.82, 2.24) is 15.0 Å². The average molecular weight is 189 g/mol. The van der Waals surface area contributed by atoms with Gasteiger partial charge in [0.1, 0.15) is 5.69 Å². The predicted octanol–water partition coefficient (Wildman–Crippen LogP) is 1.69. The summed E-state index contributed by atoms with van der Waals surface area (Å²) >= 11 is 0. The highest BCUT2D eigenvalue weighted by Crippen LogP contribution is 2.04. The molecule has 0 saturated carbocycles. The number of nitrogens with zero attached hydrogens (tertiary/aromatic N) is 3. The summed E-state index contributed by atoms with van der Waals surface area (Å²) in [6.45, 7) is 5.56. The molecule has 0 aromatic carbocycles. The summed E-state index contributed by atoms with van der Waals surface area (Å²) < 4.78 is 1.50. The van der Waals surface area contributed by atoms with E-state index in [4.69, 9.17) is 0 Å². The quantitative estimate of drug-likeness (QED) is 0.535. The molecular weight excluding hydrogens is 178 g/mol. The molecule has 0 atom stereocenters. The molecule has 0 aliphatic heterocycles. The maximum atomic E-state index is 10.4. The van der Waals surface area contributed by atoms with Crippen molar-refractivity contribution in [2.45, 2.75) is 6.92 Å². The van der Waals surface area contributed by atoms with E-state index in [-0.39, 0.29) is 0 Å². The van der Waals surface area contributed by atoms with Gasteiger partial charge in [0.15, 0.2) is 6.29 Å². The van der Waals surface area contributed by atoms with Crippen LogP contribution in [0.5, 0.6) is 0 Å². The molecule has 4 nitrogen and oxygen atoms in total. The van der Waals surface area contributed by atoms with Crippen LogP contribution in [-0.4, -0.2) is 21.3 Å². The molecule has 0 spiro atoms. The minimum Gasteiger partial charge on any atom is -0.296 e. The van der Waals surface area contributed by atoms with Crippen LogP contribution in [-0.2, 0) is 0 Å². The van der Waals surface area contributed by atoms with Crippen molar-refractivity contribution >= 4 is 12.0 Å². The van der Waals surface area contributed by atoms with Gasteiger partial charge in [-0.05, 0) is 19.1 Å². The van der Waals surface area contributed by atoms with E-state index in [0.717, 1.165) is 5.70 Å². The molecule has 72 valence electrons. The van der Waals surface area contributed by atoms with Gasteiger partial charge in [0, 0.05) is 0 Å². The number of aldehydes is 1. The second-order valence-electron chi connectivity index (χ2n) is 2.53. The number of rotatable bonds is 4. The number of carbonyl (C=O) groups excluding carboxylic acids is 1. The van der Waals surface area contributed by atoms with Gasteiger partial charge in [-0.2, -0.15) is 0 Å². The molecule has 0 unspecified atom stereocenters. The highest BCUT2D eigenvalue weighted by atomic mass is 16.1. The molecule has 0 aliphatic rings. The Labute approximate surface area is 82.2 Å². The molecule has 0 amide bonds. The predicted molar refractivity (Wildman–Crippen MR) is 54.7 cm³/mol. The summed E-state index contributed by atoms with van der Waals surface area (Å²) in [5, 5.41) is 7.42. The second kappa shape index (κ2) is 4.91. The lowest BCUT2D eigenvalue weighted by Gasteiger charge is -1.97. The van der Waals surface area contributed by atoms with Gasteiger partial charge in [-0.3, -0.25) is 4.79 Å². The molecule has 1 heterocycles. The Balaban J connectivity index is 3.00. The van der Waals surface area contributed by atoms with E-state index in [1.807, 2.05) is 25.2 Å². The topological polar surface area (TPSA) is 47.8 Å². The van der Waals surface area contributed by atoms with E-state index in [0.29, 0.717) is 12.0 Å². The molecule has 0 fully saturated rings. The zero-order valence-corrected chi connectivity index (χ0v) is 7.92. The van der Waals surface area contributed by atoms with E-state index in [1.54, 1.807) is 12.3 Å². The molecule has 0 N–H and O–H groups in total. The first-order valence-electron chi connectivity index (χ1n) is 4.15. The van der Waals surface area contributed by atoms with Gasteiger partial charge >= 0.3 is 0 Å². The summed E-state index contributed by atoms with van der Waals surface area (Å²) in [7, 11) is 0. The smallest absolute Gasteiger partial charge is 0.171 e. The number of hydrogen-bond acceptors (Lipinski definition) is 3. The van der Waals surface area contributed by atoms with Crippen molar-refractivity contribution in [2.75, 3.05) is 0 Å². The van der Waals surface area contributed by atoms with Crippen LogP contribution < -0.4 is 0 Å². The van der Waals surface area contributed by atoms with Crippen LogP contribution in [0.15, 0.2) is 37.1 Å². The van der Waals surface area contributed by atoms with E-state index < -0.39 is 0 Å². The highest BCUT2D eigenvalue weighted by Gasteiger charge is 1.99. The Kier molecular flexibility index (Phi) is 3.55. The third-order valence-electron chi connectivity index (χ3n) is 1.56. The molecule has 1 rings (SSSR count). The largest absolute Gasteiger partial charge is 0.296 e. The van der Waals surface area contributed by atoms with E-state index >= 15 is 0 Å². The normalized spacial score (nSPS) is 11.9. The minimum absolute atomic E-state index is 0.304. The molecule has 1 aromatic heterocycles. The average Bonchev–Trinajstić information content (AvgIpc) is 2.68. The monoisotopic (exact) mass is 189 g/mol. The fraction of sp³-hybridized carbons (Fsp3) is 0.100. The summed E-state index contributed by atoms with van der Waals surface area (Å²) in [4.78, 5) is 10.4. The Bertz CT molecular complexity index is 388. The molecule has 1 aromatic rings. The van der Waals surface area contributed by atoms with Gasteiger partial charge in [-0.1, -0.05) is 23.9 Å². The van der Waals surface area contributed by atoms with Crippen molar-refractivity contribution in [2.24, 2.45) is 0 Å². The van der Waals surface area contributed by atoms with Gasteiger partial charge in [0.25, 0.3) is 0 Å². The SMILES string of the molecule is C=C/C(=C\C=C/C)n1cc(C=O)nn1. The summed E-state index contributed by atoms with van der Waals surface area (Å²) in [5.41, 5.74) is 1.07. The van der Waals surface area contributed by atoms with E-state index in [1.165, 1.54) is 4.68 Å². The van der Waals surface area contributed by atoms with Crippen LogP contribution in [0.3, 0.4) is 0 Å². The zero-order valence-electron chi connectivity index (χ0n) is 7.92. The molecule has 0 saturated heterocycles. The van der Waals surface area contributed by atoms with Crippen LogP contribution in [0.1, 0.15) is 17.4 Å². The standard InChI is InChI=1S/C10H11N3O/c1-3-5-6-10(4-2)13-7-9(8-14)11-12-13/h3-8H,2H2,1H3/b5-3-,10-6+. The van der Waals surface area contributed by atoms with Crippen LogP contribution in [0, 0.1) is 0 Å². The van der Waals surface area contributed by atoms with Crippen molar-refractivity contribution < 1.29 is 4.79 Å². The molecular formula is C10H11N3O. The first-order chi connectivity index (χ1) is 6.81. The Morgan fingerprint density at radius 3 is 2.93 bits per heavy atom. The maximum absolute atomic E-state index is 10.4. The van der Waals surface area contributed by atoms with Crippen LogP contribution in [0.25, 0.3) is 5.70 Å². The molecule has 0 radical (unpaired) electrons. The Morgan fingerprint density at radius 2 is 2.43 bits per heavy atom. The van der Waals surface area contributed by atoms with Crippen LogP contribution in [0.4, 0.5) is 0 Å². The second-order valence-corrected chi connectivity index (χ2v) is 2.53. The fourth-order valence-electron chi connectivity index (χ4n) is 0.890. The number of allylic oxidation sites excluding steroid dienone is 5. The van der Waals surface area contributed by atoms with E-state index in [9.17, 15) is 4.79 Å². The van der Waals surface area contributed by atoms with Gasteiger partial charge in [-0.25, -0.2) is 4.68 Å². The van der Waals surface area contributed by atoms with E-state index in [2.05, 4.69) is 16.9 Å². The molecule has 0 aliphatic carbocycles. The lowest BCUT2D eigenvalue weighted by molar-refractivity contribution is 0.111. The number of aromatic nitrogens is 3. The zero-order chi connectivity index (χ0) is 10.4. The van der Waals surface area contributed by atoms with Crippen molar-refractivity contribution in [1.29, 1.82) is 0 Å². The highest BCUT2D eigenvalue weighted by molar-refractivity contribution is 5.71. The van der Waals surface area contributed by atoms with Crippen molar-refractivity contribution in [3.8, 4) is 0 Å². The number of carbonyl (C=O) groups is 1. The third kappa shape index (κ3) is 2.26. The first kappa shape index (κ1) is 10.1. The molecule has 14 heavy (non-hydrogen) atoms. The van der Waals surface area contributed by atoms with Crippen LogP contribution in [0.2, 0.25) is 0 Å². The molecule has 0 bridgehead atoms. The maximum Gasteiger partial charge on any atom is 0.171 e. The van der Waals surface area contributed by atoms with Gasteiger partial charge in [-0.15, -0.1) is 5.10 Å². The van der Waals surface area contributed by atoms with Gasteiger partial charge < -0.3 is 0 Å². The summed E-state index contributed by atoms with van der Waals surface area (Å²) in [6.07, 6.45) is 9.42. The first-order valence-corrected chi connectivity index (χ1v) is 4.15. The lowest BCUT2D eigenvalue weighted by atomic mass is 10.3. The summed E-state index contributed by atoms with van der Waals surface area (Å²) in [5.74, 6) is 0. The van der Waals surface area contributed by atoms with Crippen molar-refractivity contribution in [3.05, 3.63) is 42.8 Å². The molecule has 4 heteroatoms. The lowest BCUT2D eigenvalue weighted by Crippen LogP contribution is -1.94. The summed E-state index contributed by atoms with van der Waals surface area (Å²) in [6, 6.07) is 0. The van der Waals surface area contributed by atoms with Crippen molar-refractivity contribution in [3.63, 3.8) is 0 Å².